The van der Waals surface area contributed by atoms with E-state index in [-0.39, 0.29) is 16.9 Å². The molecular weight excluding hydrogens is 138 g/mol. The third-order valence-corrected chi connectivity index (χ3v) is 3.14. The molecule has 0 aliphatic heterocycles. The summed E-state index contributed by atoms with van der Waals surface area (Å²) in [5.41, 5.74) is 5.77. The van der Waals surface area contributed by atoms with Gasteiger partial charge in [-0.15, -0.1) is 0 Å². The van der Waals surface area contributed by atoms with Crippen molar-refractivity contribution in [2.75, 3.05) is 6.54 Å². The lowest BCUT2D eigenvalue weighted by molar-refractivity contribution is 0.0289. The number of rotatable bonds is 2. The van der Waals surface area contributed by atoms with Gasteiger partial charge in [-0.25, -0.2) is 0 Å². The second kappa shape index (κ2) is 2.46. The molecule has 0 radical (unpaired) electrons. The molecule has 1 aliphatic carbocycles. The Labute approximate surface area is 68.8 Å². The number of aliphatic hydroxyl groups excluding tert-OH is 1. The Morgan fingerprint density at radius 3 is 2.00 bits per heavy atom. The van der Waals surface area contributed by atoms with Crippen LogP contribution in [0.2, 0.25) is 0 Å². The predicted octanol–water partition coefficient (Wildman–Crippen LogP) is 1.13. The average Bonchev–Trinajstić information content (AvgIpc) is 2.63. The molecule has 0 bridgehead atoms. The third kappa shape index (κ3) is 1.30. The standard InChI is InChI=1S/C9H19NO/c1-8(2,3)9(4-5-9)7(11)6-10/h7,11H,4-6,10H2,1-3H3. The van der Waals surface area contributed by atoms with E-state index >= 15 is 0 Å². The minimum atomic E-state index is -0.303. The molecule has 1 rings (SSSR count). The number of aliphatic hydroxyl groups is 1. The van der Waals surface area contributed by atoms with Crippen LogP contribution in [-0.4, -0.2) is 17.8 Å². The highest BCUT2D eigenvalue weighted by Crippen LogP contribution is 2.60. The normalized spacial score (nSPS) is 24.8. The molecule has 1 aliphatic rings. The monoisotopic (exact) mass is 157 g/mol. The van der Waals surface area contributed by atoms with Crippen LogP contribution in [0.5, 0.6) is 0 Å². The summed E-state index contributed by atoms with van der Waals surface area (Å²) in [6.07, 6.45) is 1.96. The molecule has 2 nitrogen and oxygen atoms in total. The van der Waals surface area contributed by atoms with E-state index in [2.05, 4.69) is 20.8 Å². The fourth-order valence-electron chi connectivity index (χ4n) is 1.94. The first kappa shape index (κ1) is 9.01. The van der Waals surface area contributed by atoms with Crippen molar-refractivity contribution in [3.8, 4) is 0 Å². The van der Waals surface area contributed by atoms with Crippen molar-refractivity contribution in [1.82, 2.24) is 0 Å². The Kier molecular flexibility index (Phi) is 2.01. The summed E-state index contributed by atoms with van der Waals surface area (Å²) in [4.78, 5) is 0. The molecule has 0 amide bonds. The van der Waals surface area contributed by atoms with Crippen LogP contribution in [0.25, 0.3) is 0 Å². The largest absolute Gasteiger partial charge is 0.391 e. The van der Waals surface area contributed by atoms with Crippen LogP contribution in [-0.2, 0) is 0 Å². The van der Waals surface area contributed by atoms with E-state index in [4.69, 9.17) is 5.73 Å². The highest BCUT2D eigenvalue weighted by Gasteiger charge is 2.56. The number of nitrogens with two attached hydrogens (primary N) is 1. The van der Waals surface area contributed by atoms with Gasteiger partial charge in [-0.05, 0) is 18.3 Å². The molecule has 0 heterocycles. The van der Waals surface area contributed by atoms with Crippen molar-refractivity contribution >= 4 is 0 Å². The van der Waals surface area contributed by atoms with Gasteiger partial charge in [0, 0.05) is 12.0 Å². The van der Waals surface area contributed by atoms with Crippen LogP contribution in [0.3, 0.4) is 0 Å². The topological polar surface area (TPSA) is 46.2 Å². The lowest BCUT2D eigenvalue weighted by atomic mass is 9.74. The Bertz CT molecular complexity index is 144. The zero-order valence-corrected chi connectivity index (χ0v) is 7.72. The summed E-state index contributed by atoms with van der Waals surface area (Å²) < 4.78 is 0. The highest BCUT2D eigenvalue weighted by atomic mass is 16.3. The smallest absolute Gasteiger partial charge is 0.0723 e. The Morgan fingerprint density at radius 2 is 1.91 bits per heavy atom. The number of hydrogen-bond donors (Lipinski definition) is 2. The Balaban J connectivity index is 2.68. The maximum absolute atomic E-state index is 9.66. The van der Waals surface area contributed by atoms with Crippen LogP contribution in [0.4, 0.5) is 0 Å². The van der Waals surface area contributed by atoms with Gasteiger partial charge in [0.15, 0.2) is 0 Å². The van der Waals surface area contributed by atoms with Gasteiger partial charge in [0.25, 0.3) is 0 Å². The van der Waals surface area contributed by atoms with E-state index in [0.717, 1.165) is 12.8 Å². The van der Waals surface area contributed by atoms with Crippen molar-refractivity contribution in [3.05, 3.63) is 0 Å². The molecule has 66 valence electrons. The third-order valence-electron chi connectivity index (χ3n) is 3.14. The van der Waals surface area contributed by atoms with Crippen molar-refractivity contribution < 1.29 is 5.11 Å². The van der Waals surface area contributed by atoms with Crippen molar-refractivity contribution in [3.63, 3.8) is 0 Å². The van der Waals surface area contributed by atoms with Crippen LogP contribution in [0.15, 0.2) is 0 Å². The summed E-state index contributed by atoms with van der Waals surface area (Å²) >= 11 is 0. The van der Waals surface area contributed by atoms with Gasteiger partial charge in [-0.1, -0.05) is 20.8 Å². The van der Waals surface area contributed by atoms with Crippen molar-refractivity contribution in [2.24, 2.45) is 16.6 Å². The molecule has 0 aromatic carbocycles. The van der Waals surface area contributed by atoms with Gasteiger partial charge >= 0.3 is 0 Å². The molecule has 2 heteroatoms. The molecule has 0 spiro atoms. The fourth-order valence-corrected chi connectivity index (χ4v) is 1.94. The van der Waals surface area contributed by atoms with E-state index in [9.17, 15) is 5.11 Å². The Morgan fingerprint density at radius 1 is 1.45 bits per heavy atom. The maximum atomic E-state index is 9.66. The molecule has 1 unspecified atom stereocenters. The lowest BCUT2D eigenvalue weighted by Gasteiger charge is -2.34. The van der Waals surface area contributed by atoms with E-state index in [0.29, 0.717) is 6.54 Å². The van der Waals surface area contributed by atoms with Crippen LogP contribution in [0.1, 0.15) is 33.6 Å². The molecular formula is C9H19NO. The van der Waals surface area contributed by atoms with Gasteiger partial charge < -0.3 is 10.8 Å². The minimum absolute atomic E-state index is 0.127. The quantitative estimate of drug-likeness (QED) is 0.631. The first-order chi connectivity index (χ1) is 4.94. The van der Waals surface area contributed by atoms with E-state index in [1.165, 1.54) is 0 Å². The highest BCUT2D eigenvalue weighted by molar-refractivity contribution is 5.06. The van der Waals surface area contributed by atoms with Crippen LogP contribution < -0.4 is 5.73 Å². The van der Waals surface area contributed by atoms with Gasteiger partial charge in [0.1, 0.15) is 0 Å². The molecule has 0 aromatic rings. The van der Waals surface area contributed by atoms with E-state index in [1.807, 2.05) is 0 Å². The maximum Gasteiger partial charge on any atom is 0.0723 e. The van der Waals surface area contributed by atoms with Crippen molar-refractivity contribution in [1.29, 1.82) is 0 Å². The van der Waals surface area contributed by atoms with Gasteiger partial charge in [-0.3, -0.25) is 0 Å². The summed E-state index contributed by atoms with van der Waals surface area (Å²) in [5, 5.41) is 9.66. The van der Waals surface area contributed by atoms with Crippen LogP contribution in [0, 0.1) is 10.8 Å². The van der Waals surface area contributed by atoms with E-state index in [1.54, 1.807) is 0 Å². The predicted molar refractivity (Wildman–Crippen MR) is 46.2 cm³/mol. The summed E-state index contributed by atoms with van der Waals surface area (Å²) in [5.74, 6) is 0. The zero-order valence-electron chi connectivity index (χ0n) is 7.72. The van der Waals surface area contributed by atoms with Crippen LogP contribution >= 0.6 is 0 Å². The lowest BCUT2D eigenvalue weighted by Crippen LogP contribution is -2.38. The molecule has 11 heavy (non-hydrogen) atoms. The molecule has 1 atom stereocenters. The van der Waals surface area contributed by atoms with Gasteiger partial charge in [0.05, 0.1) is 6.10 Å². The molecule has 1 fully saturated rings. The summed E-state index contributed by atoms with van der Waals surface area (Å²) in [7, 11) is 0. The zero-order chi connectivity index (χ0) is 8.70. The SMILES string of the molecule is CC(C)(C)C1(C(O)CN)CC1. The van der Waals surface area contributed by atoms with E-state index < -0.39 is 0 Å². The first-order valence-electron chi connectivity index (χ1n) is 4.32. The second-order valence-corrected chi connectivity index (χ2v) is 4.66. The first-order valence-corrected chi connectivity index (χ1v) is 4.32. The fraction of sp³-hybridized carbons (Fsp3) is 1.00. The summed E-state index contributed by atoms with van der Waals surface area (Å²) in [6, 6.07) is 0. The molecule has 0 saturated heterocycles. The average molecular weight is 157 g/mol. The van der Waals surface area contributed by atoms with Gasteiger partial charge in [-0.2, -0.15) is 0 Å². The van der Waals surface area contributed by atoms with Crippen molar-refractivity contribution in [2.45, 2.75) is 39.7 Å². The molecule has 0 aromatic heterocycles. The Hall–Kier alpha value is -0.0800. The molecule has 1 saturated carbocycles. The minimum Gasteiger partial charge on any atom is -0.391 e. The molecule has 3 N–H and O–H groups in total. The number of hydrogen-bond acceptors (Lipinski definition) is 2. The second-order valence-electron chi connectivity index (χ2n) is 4.66. The van der Waals surface area contributed by atoms with Gasteiger partial charge in [0.2, 0.25) is 0 Å². The summed E-state index contributed by atoms with van der Waals surface area (Å²) in [6.45, 7) is 6.94.